The summed E-state index contributed by atoms with van der Waals surface area (Å²) in [5, 5.41) is 1.27. The number of hydroxylamine groups is 2. The highest BCUT2D eigenvalue weighted by Gasteiger charge is 2.36. The molecule has 0 N–H and O–H groups in total. The van der Waals surface area contributed by atoms with Crippen LogP contribution in [0.25, 0.3) is 0 Å². The summed E-state index contributed by atoms with van der Waals surface area (Å²) in [6.07, 6.45) is 1.51. The third kappa shape index (κ3) is 2.04. The van der Waals surface area contributed by atoms with Crippen molar-refractivity contribution in [1.29, 1.82) is 0 Å². The molecular weight excluding hydrogens is 158 g/mol. The molecule has 0 unspecified atom stereocenters. The number of hydrogen-bond acceptors (Lipinski definition) is 3. The second-order valence-electron chi connectivity index (χ2n) is 3.48. The van der Waals surface area contributed by atoms with E-state index < -0.39 is 5.60 Å². The summed E-state index contributed by atoms with van der Waals surface area (Å²) in [5.41, 5.74) is -0.403. The lowest BCUT2D eigenvalue weighted by Crippen LogP contribution is -2.27. The molecule has 1 aliphatic heterocycles. The van der Waals surface area contributed by atoms with Gasteiger partial charge in [-0.1, -0.05) is 0 Å². The van der Waals surface area contributed by atoms with Crippen LogP contribution >= 0.6 is 0 Å². The maximum Gasteiger partial charge on any atom is 0.249 e. The van der Waals surface area contributed by atoms with Crippen molar-refractivity contribution < 1.29 is 14.4 Å². The van der Waals surface area contributed by atoms with Gasteiger partial charge in [0, 0.05) is 6.42 Å². The van der Waals surface area contributed by atoms with E-state index in [2.05, 4.69) is 0 Å². The van der Waals surface area contributed by atoms with Crippen molar-refractivity contribution in [2.45, 2.75) is 32.3 Å². The average Bonchev–Trinajstić information content (AvgIpc) is 2.20. The quantitative estimate of drug-likeness (QED) is 0.581. The standard InChI is InChI=1S/C8H13NO3/c1-8(2)6-7(11)9(12-8)4-3-5-10/h5H,3-4,6H2,1-2H3. The minimum atomic E-state index is -0.403. The van der Waals surface area contributed by atoms with Gasteiger partial charge in [-0.05, 0) is 13.8 Å². The van der Waals surface area contributed by atoms with Crippen molar-refractivity contribution in [2.75, 3.05) is 6.54 Å². The Hall–Kier alpha value is -0.900. The summed E-state index contributed by atoms with van der Waals surface area (Å²) in [6.45, 7) is 4.07. The molecule has 0 bridgehead atoms. The Morgan fingerprint density at radius 1 is 1.67 bits per heavy atom. The predicted octanol–water partition coefficient (Wildman–Crippen LogP) is 0.518. The van der Waals surface area contributed by atoms with E-state index >= 15 is 0 Å². The smallest absolute Gasteiger partial charge is 0.249 e. The maximum absolute atomic E-state index is 11.2. The molecule has 12 heavy (non-hydrogen) atoms. The number of carbonyl (C=O) groups is 2. The molecule has 0 radical (unpaired) electrons. The number of nitrogens with zero attached hydrogens (tertiary/aromatic N) is 1. The number of amides is 1. The Labute approximate surface area is 71.4 Å². The minimum absolute atomic E-state index is 0.0400. The Morgan fingerprint density at radius 3 is 2.75 bits per heavy atom. The third-order valence-electron chi connectivity index (χ3n) is 1.66. The first-order valence-corrected chi connectivity index (χ1v) is 3.98. The molecule has 1 fully saturated rings. The highest BCUT2D eigenvalue weighted by atomic mass is 16.7. The second kappa shape index (κ2) is 3.23. The number of aldehydes is 1. The van der Waals surface area contributed by atoms with Crippen LogP contribution in [-0.2, 0) is 14.4 Å². The number of carbonyl (C=O) groups excluding carboxylic acids is 2. The lowest BCUT2D eigenvalue weighted by molar-refractivity contribution is -0.190. The fourth-order valence-electron chi connectivity index (χ4n) is 1.17. The van der Waals surface area contributed by atoms with Crippen LogP contribution in [0.5, 0.6) is 0 Å². The summed E-state index contributed by atoms with van der Waals surface area (Å²) >= 11 is 0. The second-order valence-corrected chi connectivity index (χ2v) is 3.48. The van der Waals surface area contributed by atoms with Crippen molar-refractivity contribution >= 4 is 12.2 Å². The summed E-state index contributed by atoms with van der Waals surface area (Å²) < 4.78 is 0. The number of rotatable bonds is 3. The van der Waals surface area contributed by atoms with Crippen molar-refractivity contribution in [3.05, 3.63) is 0 Å². The molecule has 1 rings (SSSR count). The zero-order chi connectivity index (χ0) is 9.19. The van der Waals surface area contributed by atoms with Crippen LogP contribution in [0.1, 0.15) is 26.7 Å². The molecule has 4 heteroatoms. The molecule has 0 aromatic heterocycles. The Morgan fingerprint density at radius 2 is 2.33 bits per heavy atom. The van der Waals surface area contributed by atoms with E-state index in [1.807, 2.05) is 13.8 Å². The molecule has 0 spiro atoms. The Kier molecular flexibility index (Phi) is 2.47. The molecule has 0 aliphatic carbocycles. The number of hydrogen-bond donors (Lipinski definition) is 0. The van der Waals surface area contributed by atoms with Crippen molar-refractivity contribution in [2.24, 2.45) is 0 Å². The van der Waals surface area contributed by atoms with Gasteiger partial charge in [0.25, 0.3) is 0 Å². The fourth-order valence-corrected chi connectivity index (χ4v) is 1.17. The van der Waals surface area contributed by atoms with Gasteiger partial charge in [0.05, 0.1) is 18.6 Å². The van der Waals surface area contributed by atoms with Crippen molar-refractivity contribution in [1.82, 2.24) is 5.06 Å². The van der Waals surface area contributed by atoms with Gasteiger partial charge in [0.15, 0.2) is 0 Å². The van der Waals surface area contributed by atoms with E-state index in [1.165, 1.54) is 5.06 Å². The Bertz CT molecular complexity index is 200. The molecule has 1 heterocycles. The van der Waals surface area contributed by atoms with Crippen LogP contribution in [-0.4, -0.2) is 29.4 Å². The largest absolute Gasteiger partial charge is 0.303 e. The summed E-state index contributed by atoms with van der Waals surface area (Å²) in [5.74, 6) is -0.0400. The third-order valence-corrected chi connectivity index (χ3v) is 1.66. The lowest BCUT2D eigenvalue weighted by Gasteiger charge is -2.18. The molecule has 1 amide bonds. The zero-order valence-electron chi connectivity index (χ0n) is 7.37. The predicted molar refractivity (Wildman–Crippen MR) is 42.2 cm³/mol. The molecule has 0 aromatic carbocycles. The van der Waals surface area contributed by atoms with Gasteiger partial charge >= 0.3 is 0 Å². The molecule has 0 saturated carbocycles. The van der Waals surface area contributed by atoms with E-state index in [0.29, 0.717) is 19.4 Å². The van der Waals surface area contributed by atoms with Gasteiger partial charge in [-0.2, -0.15) is 0 Å². The topological polar surface area (TPSA) is 46.6 Å². The normalized spacial score (nSPS) is 21.5. The van der Waals surface area contributed by atoms with E-state index in [1.54, 1.807) is 0 Å². The van der Waals surface area contributed by atoms with Gasteiger partial charge < -0.3 is 4.79 Å². The molecule has 0 aromatic rings. The zero-order valence-corrected chi connectivity index (χ0v) is 7.37. The fraction of sp³-hybridized carbons (Fsp3) is 0.750. The molecule has 1 saturated heterocycles. The summed E-state index contributed by atoms with van der Waals surface area (Å²) in [7, 11) is 0. The van der Waals surface area contributed by atoms with E-state index in [0.717, 1.165) is 6.29 Å². The van der Waals surface area contributed by atoms with Crippen LogP contribution in [0.4, 0.5) is 0 Å². The van der Waals surface area contributed by atoms with Gasteiger partial charge in [0.1, 0.15) is 6.29 Å². The maximum atomic E-state index is 11.2. The van der Waals surface area contributed by atoms with Crippen molar-refractivity contribution in [3.8, 4) is 0 Å². The highest BCUT2D eigenvalue weighted by Crippen LogP contribution is 2.25. The van der Waals surface area contributed by atoms with Crippen LogP contribution < -0.4 is 0 Å². The van der Waals surface area contributed by atoms with Gasteiger partial charge in [0.2, 0.25) is 5.91 Å². The van der Waals surface area contributed by atoms with E-state index in [9.17, 15) is 9.59 Å². The van der Waals surface area contributed by atoms with Crippen molar-refractivity contribution in [3.63, 3.8) is 0 Å². The first-order valence-electron chi connectivity index (χ1n) is 3.98. The van der Waals surface area contributed by atoms with E-state index in [4.69, 9.17) is 4.84 Å². The Balaban J connectivity index is 2.46. The molecule has 4 nitrogen and oxygen atoms in total. The van der Waals surface area contributed by atoms with Crippen LogP contribution in [0.2, 0.25) is 0 Å². The molecule has 1 aliphatic rings. The van der Waals surface area contributed by atoms with Crippen LogP contribution in [0, 0.1) is 0 Å². The highest BCUT2D eigenvalue weighted by molar-refractivity contribution is 5.78. The van der Waals surface area contributed by atoms with E-state index in [-0.39, 0.29) is 5.91 Å². The first kappa shape index (κ1) is 9.19. The molecular formula is C8H13NO3. The monoisotopic (exact) mass is 171 g/mol. The van der Waals surface area contributed by atoms with Gasteiger partial charge in [-0.25, -0.2) is 5.06 Å². The summed E-state index contributed by atoms with van der Waals surface area (Å²) in [6, 6.07) is 0. The molecule has 0 atom stereocenters. The summed E-state index contributed by atoms with van der Waals surface area (Å²) in [4.78, 5) is 26.5. The lowest BCUT2D eigenvalue weighted by atomic mass is 10.1. The minimum Gasteiger partial charge on any atom is -0.303 e. The van der Waals surface area contributed by atoms with Gasteiger partial charge in [-0.15, -0.1) is 0 Å². The average molecular weight is 171 g/mol. The first-order chi connectivity index (χ1) is 5.55. The van der Waals surface area contributed by atoms with Gasteiger partial charge in [-0.3, -0.25) is 9.63 Å². The molecule has 68 valence electrons. The van der Waals surface area contributed by atoms with Crippen LogP contribution in [0.3, 0.4) is 0 Å². The van der Waals surface area contributed by atoms with Crippen LogP contribution in [0.15, 0.2) is 0 Å². The SMILES string of the molecule is CC1(C)CC(=O)N(CCC=O)O1.